The molecule has 0 unspecified atom stereocenters. The fraction of sp³-hybridized carbons (Fsp3) is 0.300. The summed E-state index contributed by atoms with van der Waals surface area (Å²) < 4.78 is 17.6. The number of carboxylic acids is 1. The zero-order valence-corrected chi connectivity index (χ0v) is 22.9. The molecule has 0 radical (unpaired) electrons. The van der Waals surface area contributed by atoms with E-state index in [9.17, 15) is 24.6 Å². The molecule has 3 aromatic rings. The molecule has 0 bridgehead atoms. The van der Waals surface area contributed by atoms with E-state index in [4.69, 9.17) is 14.2 Å². The number of rotatable bonds is 10. The molecule has 3 N–H and O–H groups in total. The second-order valence-electron chi connectivity index (χ2n) is 9.33. The Bertz CT molecular complexity index is 1330. The van der Waals surface area contributed by atoms with Gasteiger partial charge in [-0.15, -0.1) is 11.8 Å². The van der Waals surface area contributed by atoms with Crippen LogP contribution in [-0.4, -0.2) is 46.0 Å². The fourth-order valence-electron chi connectivity index (χ4n) is 4.24. The van der Waals surface area contributed by atoms with Crippen molar-refractivity contribution in [2.45, 2.75) is 56.4 Å². The first-order valence-corrected chi connectivity index (χ1v) is 13.8. The number of amides is 1. The molecule has 40 heavy (non-hydrogen) atoms. The molecule has 0 saturated carbocycles. The Morgan fingerprint density at radius 3 is 2.33 bits per heavy atom. The van der Waals surface area contributed by atoms with Crippen LogP contribution in [0.15, 0.2) is 77.7 Å². The highest BCUT2D eigenvalue weighted by Crippen LogP contribution is 2.40. The molecule has 1 fully saturated rings. The standard InChI is InChI=1S/C30H31NO8S/c1-18(37-19(2)33)28(34)31-23-13-11-22(12-14-23)30-38-24(17-40-27-6-4-3-5-25(27)29(35)36)15-26(39-30)21-9-7-20(16-32)8-10-21/h3-14,18,24,26,30,32H,15-17H2,1-2H3,(H,31,34)(H,35,36)/t18-,24-,26+,30+/m0/s1. The number of ether oxygens (including phenoxy) is 3. The highest BCUT2D eigenvalue weighted by molar-refractivity contribution is 7.99. The van der Waals surface area contributed by atoms with Crippen LogP contribution in [0.5, 0.6) is 0 Å². The number of carbonyl (C=O) groups excluding carboxylic acids is 2. The molecule has 0 aromatic heterocycles. The monoisotopic (exact) mass is 565 g/mol. The quantitative estimate of drug-likeness (QED) is 0.227. The summed E-state index contributed by atoms with van der Waals surface area (Å²) in [6, 6.07) is 21.4. The summed E-state index contributed by atoms with van der Waals surface area (Å²) in [5, 5.41) is 21.7. The van der Waals surface area contributed by atoms with Gasteiger partial charge in [-0.2, -0.15) is 0 Å². The predicted molar refractivity (Wildman–Crippen MR) is 149 cm³/mol. The smallest absolute Gasteiger partial charge is 0.336 e. The maximum absolute atomic E-state index is 12.3. The van der Waals surface area contributed by atoms with Crippen LogP contribution in [-0.2, 0) is 30.4 Å². The SMILES string of the molecule is CC(=O)O[C@@H](C)C(=O)Nc1ccc([C@@H]2O[C@H](CSc3ccccc3C(=O)O)C[C@H](c3ccc(CO)cc3)O2)cc1. The lowest BCUT2D eigenvalue weighted by molar-refractivity contribution is -0.245. The number of carbonyl (C=O) groups is 3. The maximum Gasteiger partial charge on any atom is 0.336 e. The van der Waals surface area contributed by atoms with Crippen LogP contribution in [0.4, 0.5) is 5.69 Å². The van der Waals surface area contributed by atoms with Gasteiger partial charge in [-0.3, -0.25) is 9.59 Å². The van der Waals surface area contributed by atoms with Gasteiger partial charge in [-0.25, -0.2) is 4.79 Å². The fourth-order valence-corrected chi connectivity index (χ4v) is 5.31. The van der Waals surface area contributed by atoms with E-state index >= 15 is 0 Å². The number of aromatic carboxylic acids is 1. The Kier molecular flexibility index (Phi) is 9.94. The van der Waals surface area contributed by atoms with Crippen molar-refractivity contribution in [2.75, 3.05) is 11.1 Å². The number of esters is 1. The summed E-state index contributed by atoms with van der Waals surface area (Å²) in [5.74, 6) is -1.45. The minimum Gasteiger partial charge on any atom is -0.478 e. The summed E-state index contributed by atoms with van der Waals surface area (Å²) in [7, 11) is 0. The molecule has 1 saturated heterocycles. The van der Waals surface area contributed by atoms with Gasteiger partial charge in [0.1, 0.15) is 0 Å². The van der Waals surface area contributed by atoms with Crippen molar-refractivity contribution in [2.24, 2.45) is 0 Å². The van der Waals surface area contributed by atoms with Crippen LogP contribution < -0.4 is 5.32 Å². The van der Waals surface area contributed by atoms with Crippen LogP contribution in [0.25, 0.3) is 0 Å². The van der Waals surface area contributed by atoms with E-state index in [1.54, 1.807) is 48.5 Å². The van der Waals surface area contributed by atoms with E-state index in [0.29, 0.717) is 22.8 Å². The summed E-state index contributed by atoms with van der Waals surface area (Å²) in [6.07, 6.45) is -1.63. The predicted octanol–water partition coefficient (Wildman–Crippen LogP) is 5.10. The number of hydrogen-bond acceptors (Lipinski definition) is 8. The van der Waals surface area contributed by atoms with Crippen LogP contribution in [0.3, 0.4) is 0 Å². The first-order valence-electron chi connectivity index (χ1n) is 12.8. The molecule has 0 aliphatic carbocycles. The van der Waals surface area contributed by atoms with E-state index in [0.717, 1.165) is 16.7 Å². The number of benzene rings is 3. The van der Waals surface area contributed by atoms with Crippen molar-refractivity contribution >= 4 is 35.3 Å². The summed E-state index contributed by atoms with van der Waals surface area (Å²) in [6.45, 7) is 2.69. The number of anilines is 1. The van der Waals surface area contributed by atoms with Gasteiger partial charge in [0.15, 0.2) is 12.4 Å². The van der Waals surface area contributed by atoms with Crippen LogP contribution >= 0.6 is 11.8 Å². The highest BCUT2D eigenvalue weighted by Gasteiger charge is 2.32. The molecular formula is C30H31NO8S. The van der Waals surface area contributed by atoms with E-state index in [1.165, 1.54) is 25.6 Å². The second-order valence-corrected chi connectivity index (χ2v) is 10.4. The van der Waals surface area contributed by atoms with Crippen LogP contribution in [0, 0.1) is 0 Å². The topological polar surface area (TPSA) is 131 Å². The van der Waals surface area contributed by atoms with Crippen molar-refractivity contribution in [1.29, 1.82) is 0 Å². The van der Waals surface area contributed by atoms with Crippen molar-refractivity contribution in [3.63, 3.8) is 0 Å². The molecule has 1 aliphatic rings. The van der Waals surface area contributed by atoms with Crippen molar-refractivity contribution in [3.05, 3.63) is 95.1 Å². The molecule has 1 amide bonds. The number of nitrogens with one attached hydrogen (secondary N) is 1. The van der Waals surface area contributed by atoms with Crippen molar-refractivity contribution in [1.82, 2.24) is 0 Å². The summed E-state index contributed by atoms with van der Waals surface area (Å²) >= 11 is 1.42. The molecule has 4 rings (SSSR count). The number of carboxylic acid groups (broad SMARTS) is 1. The first-order chi connectivity index (χ1) is 19.2. The first kappa shape index (κ1) is 29.3. The van der Waals surface area contributed by atoms with E-state index in [2.05, 4.69) is 5.32 Å². The normalized spacial score (nSPS) is 19.4. The molecule has 4 atom stereocenters. The molecule has 10 heteroatoms. The van der Waals surface area contributed by atoms with Crippen LogP contribution in [0.2, 0.25) is 0 Å². The number of aliphatic hydroxyl groups is 1. The molecule has 0 spiro atoms. The van der Waals surface area contributed by atoms with Crippen molar-refractivity contribution < 1.29 is 38.8 Å². The van der Waals surface area contributed by atoms with Gasteiger partial charge in [-0.1, -0.05) is 48.5 Å². The third-order valence-corrected chi connectivity index (χ3v) is 7.52. The van der Waals surface area contributed by atoms with Gasteiger partial charge in [0, 0.05) is 35.2 Å². The summed E-state index contributed by atoms with van der Waals surface area (Å²) in [4.78, 5) is 35.7. The van der Waals surface area contributed by atoms with Gasteiger partial charge in [0.25, 0.3) is 5.91 Å². The lowest BCUT2D eigenvalue weighted by Gasteiger charge is -2.36. The third-order valence-electron chi connectivity index (χ3n) is 6.32. The largest absolute Gasteiger partial charge is 0.478 e. The number of hydrogen-bond donors (Lipinski definition) is 3. The minimum atomic E-state index is -0.981. The third kappa shape index (κ3) is 7.70. The summed E-state index contributed by atoms with van der Waals surface area (Å²) in [5.41, 5.74) is 3.24. The van der Waals surface area contributed by atoms with E-state index < -0.39 is 30.2 Å². The average molecular weight is 566 g/mol. The molecule has 1 aliphatic heterocycles. The van der Waals surface area contributed by atoms with Gasteiger partial charge < -0.3 is 29.7 Å². The Hall–Kier alpha value is -3.70. The van der Waals surface area contributed by atoms with Gasteiger partial charge >= 0.3 is 11.9 Å². The molecule has 9 nitrogen and oxygen atoms in total. The molecule has 1 heterocycles. The van der Waals surface area contributed by atoms with Gasteiger partial charge in [-0.05, 0) is 42.3 Å². The second kappa shape index (κ2) is 13.6. The van der Waals surface area contributed by atoms with Crippen LogP contribution in [0.1, 0.15) is 59.7 Å². The zero-order valence-electron chi connectivity index (χ0n) is 22.1. The van der Waals surface area contributed by atoms with Gasteiger partial charge in [0.05, 0.1) is 24.4 Å². The van der Waals surface area contributed by atoms with Gasteiger partial charge in [0.2, 0.25) is 0 Å². The average Bonchev–Trinajstić information content (AvgIpc) is 2.96. The molecular weight excluding hydrogens is 534 g/mol. The lowest BCUT2D eigenvalue weighted by Crippen LogP contribution is -2.31. The highest BCUT2D eigenvalue weighted by atomic mass is 32.2. The minimum absolute atomic E-state index is 0.0532. The van der Waals surface area contributed by atoms with Crippen molar-refractivity contribution in [3.8, 4) is 0 Å². The molecule has 3 aromatic carbocycles. The number of thioether (sulfide) groups is 1. The maximum atomic E-state index is 12.3. The Balaban J connectivity index is 1.50. The Morgan fingerprint density at radius 1 is 1.00 bits per heavy atom. The zero-order chi connectivity index (χ0) is 28.6. The van der Waals surface area contributed by atoms with E-state index in [1.807, 2.05) is 24.3 Å². The molecule has 210 valence electrons. The lowest BCUT2D eigenvalue weighted by atomic mass is 10.0. The Labute approximate surface area is 236 Å². The Morgan fingerprint density at radius 2 is 1.68 bits per heavy atom. The number of aliphatic hydroxyl groups excluding tert-OH is 1. The van der Waals surface area contributed by atoms with E-state index in [-0.39, 0.29) is 24.4 Å².